The number of aliphatic hydroxyl groups excluding tert-OH is 1. The van der Waals surface area contributed by atoms with Crippen LogP contribution in [0.25, 0.3) is 0 Å². The van der Waals surface area contributed by atoms with Crippen LogP contribution in [-0.4, -0.2) is 29.8 Å². The van der Waals surface area contributed by atoms with E-state index >= 15 is 0 Å². The largest absolute Gasteiger partial charge is 0.466 e. The summed E-state index contributed by atoms with van der Waals surface area (Å²) in [4.78, 5) is 11.3. The van der Waals surface area contributed by atoms with Crippen molar-refractivity contribution in [1.29, 1.82) is 0 Å². The molecular weight excluding hydrogens is 170 g/mol. The first-order valence-electron chi connectivity index (χ1n) is 4.75. The van der Waals surface area contributed by atoms with Crippen molar-refractivity contribution < 1.29 is 14.6 Å². The van der Waals surface area contributed by atoms with Gasteiger partial charge in [-0.2, -0.15) is 0 Å². The van der Waals surface area contributed by atoms with Crippen LogP contribution < -0.4 is 5.73 Å². The molecule has 0 amide bonds. The standard InChI is InChI=1S/C9H17NO3/c1-2-13-9(12)6-3-4-8(11)7(10)5-6/h6-8,11H,2-5,10H2,1H3/t6-,7?,8+/m1/s1. The summed E-state index contributed by atoms with van der Waals surface area (Å²) in [7, 11) is 0. The molecule has 3 atom stereocenters. The second-order valence-electron chi connectivity index (χ2n) is 3.49. The number of carbonyl (C=O) groups excluding carboxylic acids is 1. The van der Waals surface area contributed by atoms with E-state index < -0.39 is 6.10 Å². The average molecular weight is 187 g/mol. The average Bonchev–Trinajstić information content (AvgIpc) is 2.10. The first kappa shape index (κ1) is 10.5. The van der Waals surface area contributed by atoms with Crippen molar-refractivity contribution in [1.82, 2.24) is 0 Å². The van der Waals surface area contributed by atoms with Crippen molar-refractivity contribution >= 4 is 5.97 Å². The number of hydrogen-bond acceptors (Lipinski definition) is 4. The van der Waals surface area contributed by atoms with Gasteiger partial charge in [0.2, 0.25) is 0 Å². The maximum atomic E-state index is 11.3. The van der Waals surface area contributed by atoms with Crippen LogP contribution in [0.4, 0.5) is 0 Å². The quantitative estimate of drug-likeness (QED) is 0.598. The second-order valence-corrected chi connectivity index (χ2v) is 3.49. The van der Waals surface area contributed by atoms with E-state index in [1.54, 1.807) is 6.92 Å². The van der Waals surface area contributed by atoms with Crippen LogP contribution in [0.15, 0.2) is 0 Å². The zero-order valence-electron chi connectivity index (χ0n) is 7.90. The van der Waals surface area contributed by atoms with E-state index in [1.165, 1.54) is 0 Å². The molecule has 1 rings (SSSR count). The lowest BCUT2D eigenvalue weighted by atomic mass is 9.84. The predicted molar refractivity (Wildman–Crippen MR) is 48.0 cm³/mol. The zero-order chi connectivity index (χ0) is 9.84. The summed E-state index contributed by atoms with van der Waals surface area (Å²) < 4.78 is 4.89. The molecular formula is C9H17NO3. The van der Waals surface area contributed by atoms with Gasteiger partial charge in [-0.25, -0.2) is 0 Å². The van der Waals surface area contributed by atoms with Crippen molar-refractivity contribution in [2.75, 3.05) is 6.61 Å². The van der Waals surface area contributed by atoms with Crippen molar-refractivity contribution in [3.05, 3.63) is 0 Å². The van der Waals surface area contributed by atoms with Crippen LogP contribution in [0, 0.1) is 5.92 Å². The number of hydrogen-bond donors (Lipinski definition) is 2. The number of carbonyl (C=O) groups is 1. The fourth-order valence-electron chi connectivity index (χ4n) is 1.66. The Balaban J connectivity index is 2.40. The predicted octanol–water partition coefficient (Wildman–Crippen LogP) is 0.0378. The molecule has 0 spiro atoms. The molecule has 1 fully saturated rings. The van der Waals surface area contributed by atoms with E-state index in [4.69, 9.17) is 10.5 Å². The third-order valence-corrected chi connectivity index (χ3v) is 2.48. The van der Waals surface area contributed by atoms with Gasteiger partial charge in [0.15, 0.2) is 0 Å². The molecule has 0 aromatic heterocycles. The molecule has 1 aliphatic rings. The molecule has 1 aliphatic carbocycles. The van der Waals surface area contributed by atoms with Crippen molar-refractivity contribution in [3.8, 4) is 0 Å². The van der Waals surface area contributed by atoms with Gasteiger partial charge in [0, 0.05) is 6.04 Å². The van der Waals surface area contributed by atoms with Crippen molar-refractivity contribution in [3.63, 3.8) is 0 Å². The number of aliphatic hydroxyl groups is 1. The highest BCUT2D eigenvalue weighted by molar-refractivity contribution is 5.72. The molecule has 1 saturated carbocycles. The molecule has 0 bridgehead atoms. The normalized spacial score (nSPS) is 34.2. The minimum Gasteiger partial charge on any atom is -0.466 e. The molecule has 4 nitrogen and oxygen atoms in total. The SMILES string of the molecule is CCOC(=O)[C@@H]1CC[C@H](O)C(N)C1. The number of nitrogens with two attached hydrogens (primary N) is 1. The van der Waals surface area contributed by atoms with Crippen molar-refractivity contribution in [2.45, 2.75) is 38.3 Å². The summed E-state index contributed by atoms with van der Waals surface area (Å²) in [6.45, 7) is 2.20. The van der Waals surface area contributed by atoms with E-state index in [1.807, 2.05) is 0 Å². The third-order valence-electron chi connectivity index (χ3n) is 2.48. The third kappa shape index (κ3) is 2.67. The molecule has 4 heteroatoms. The molecule has 3 N–H and O–H groups in total. The van der Waals surface area contributed by atoms with E-state index in [0.29, 0.717) is 25.9 Å². The lowest BCUT2D eigenvalue weighted by molar-refractivity contribution is -0.150. The van der Waals surface area contributed by atoms with Crippen LogP contribution in [0.5, 0.6) is 0 Å². The summed E-state index contributed by atoms with van der Waals surface area (Å²) in [5, 5.41) is 9.33. The zero-order valence-corrected chi connectivity index (χ0v) is 7.90. The fourth-order valence-corrected chi connectivity index (χ4v) is 1.66. The van der Waals surface area contributed by atoms with Gasteiger partial charge in [-0.15, -0.1) is 0 Å². The smallest absolute Gasteiger partial charge is 0.308 e. The fraction of sp³-hybridized carbons (Fsp3) is 0.889. The number of esters is 1. The van der Waals surface area contributed by atoms with Crippen LogP contribution in [0.2, 0.25) is 0 Å². The topological polar surface area (TPSA) is 72.5 Å². The van der Waals surface area contributed by atoms with Gasteiger partial charge in [0.05, 0.1) is 18.6 Å². The van der Waals surface area contributed by atoms with E-state index in [-0.39, 0.29) is 17.9 Å². The molecule has 0 saturated heterocycles. The first-order chi connectivity index (χ1) is 6.15. The molecule has 0 aromatic rings. The van der Waals surface area contributed by atoms with Crippen LogP contribution >= 0.6 is 0 Å². The Labute approximate surface area is 78.1 Å². The summed E-state index contributed by atoms with van der Waals surface area (Å²) in [6.07, 6.45) is 1.38. The van der Waals surface area contributed by atoms with Crippen LogP contribution in [0.3, 0.4) is 0 Å². The highest BCUT2D eigenvalue weighted by Crippen LogP contribution is 2.24. The van der Waals surface area contributed by atoms with Gasteiger partial charge in [0.25, 0.3) is 0 Å². The number of ether oxygens (including phenoxy) is 1. The lowest BCUT2D eigenvalue weighted by Crippen LogP contribution is -2.42. The molecule has 13 heavy (non-hydrogen) atoms. The molecule has 0 heterocycles. The van der Waals surface area contributed by atoms with Crippen LogP contribution in [-0.2, 0) is 9.53 Å². The van der Waals surface area contributed by atoms with Gasteiger partial charge >= 0.3 is 5.97 Å². The molecule has 0 aromatic carbocycles. The molecule has 0 aliphatic heterocycles. The Kier molecular flexibility index (Phi) is 3.69. The summed E-state index contributed by atoms with van der Waals surface area (Å²) in [5.74, 6) is -0.289. The molecule has 0 radical (unpaired) electrons. The molecule has 76 valence electrons. The Bertz CT molecular complexity index is 184. The maximum absolute atomic E-state index is 11.3. The first-order valence-corrected chi connectivity index (χ1v) is 4.75. The van der Waals surface area contributed by atoms with E-state index in [0.717, 1.165) is 0 Å². The maximum Gasteiger partial charge on any atom is 0.308 e. The highest BCUT2D eigenvalue weighted by atomic mass is 16.5. The number of rotatable bonds is 2. The summed E-state index contributed by atoms with van der Waals surface area (Å²) >= 11 is 0. The Morgan fingerprint density at radius 2 is 2.31 bits per heavy atom. The monoisotopic (exact) mass is 187 g/mol. The van der Waals surface area contributed by atoms with Crippen molar-refractivity contribution in [2.24, 2.45) is 11.7 Å². The second kappa shape index (κ2) is 4.58. The Morgan fingerprint density at radius 3 is 2.85 bits per heavy atom. The van der Waals surface area contributed by atoms with Gasteiger partial charge < -0.3 is 15.6 Å². The minimum absolute atomic E-state index is 0.113. The van der Waals surface area contributed by atoms with Crippen LogP contribution in [0.1, 0.15) is 26.2 Å². The highest BCUT2D eigenvalue weighted by Gasteiger charge is 2.31. The van der Waals surface area contributed by atoms with Gasteiger partial charge in [-0.3, -0.25) is 4.79 Å². The lowest BCUT2D eigenvalue weighted by Gasteiger charge is -2.29. The van der Waals surface area contributed by atoms with Gasteiger partial charge in [-0.05, 0) is 26.2 Å². The minimum atomic E-state index is -0.453. The van der Waals surface area contributed by atoms with Gasteiger partial charge in [0.1, 0.15) is 0 Å². The Morgan fingerprint density at radius 1 is 1.62 bits per heavy atom. The molecule has 1 unspecified atom stereocenters. The van der Waals surface area contributed by atoms with E-state index in [9.17, 15) is 9.90 Å². The summed E-state index contributed by atoms with van der Waals surface area (Å²) in [6, 6.07) is -0.275. The Hall–Kier alpha value is -0.610. The van der Waals surface area contributed by atoms with Gasteiger partial charge in [-0.1, -0.05) is 0 Å². The van der Waals surface area contributed by atoms with E-state index in [2.05, 4.69) is 0 Å². The summed E-state index contributed by atoms with van der Waals surface area (Å²) in [5.41, 5.74) is 5.64.